The molecule has 0 fully saturated rings. The molecule has 2 aromatic carbocycles. The number of benzene rings is 2. The van der Waals surface area contributed by atoms with E-state index in [2.05, 4.69) is 0 Å². The number of carbonyl (C=O) groups excluding carboxylic acids is 3. The van der Waals surface area contributed by atoms with Crippen molar-refractivity contribution in [1.82, 2.24) is 5.06 Å². The van der Waals surface area contributed by atoms with E-state index in [4.69, 9.17) is 4.84 Å². The molecule has 3 rings (SSSR count). The fourth-order valence-electron chi connectivity index (χ4n) is 2.14. The molecule has 0 radical (unpaired) electrons. The average molecular weight is 281 g/mol. The predicted octanol–water partition coefficient (Wildman–Crippen LogP) is 1.98. The number of carbonyl (C=O) groups is 3. The third-order valence-corrected chi connectivity index (χ3v) is 3.18. The van der Waals surface area contributed by atoms with Crippen molar-refractivity contribution in [3.63, 3.8) is 0 Å². The van der Waals surface area contributed by atoms with E-state index in [9.17, 15) is 14.4 Å². The van der Waals surface area contributed by atoms with Crippen molar-refractivity contribution in [3.05, 3.63) is 71.3 Å². The summed E-state index contributed by atoms with van der Waals surface area (Å²) in [5.74, 6) is -1.91. The topological polar surface area (TPSA) is 63.7 Å². The van der Waals surface area contributed by atoms with Crippen LogP contribution in [0.25, 0.3) is 0 Å². The van der Waals surface area contributed by atoms with Gasteiger partial charge in [-0.05, 0) is 23.8 Å². The summed E-state index contributed by atoms with van der Waals surface area (Å²) in [7, 11) is 0. The third-order valence-electron chi connectivity index (χ3n) is 3.18. The van der Waals surface area contributed by atoms with Crippen LogP contribution in [0, 0.1) is 0 Å². The zero-order chi connectivity index (χ0) is 14.8. The zero-order valence-electron chi connectivity index (χ0n) is 11.0. The highest BCUT2D eigenvalue weighted by atomic mass is 16.7. The molecule has 0 unspecified atom stereocenters. The summed E-state index contributed by atoms with van der Waals surface area (Å²) in [5.41, 5.74) is 1.29. The normalized spacial score (nSPS) is 13.8. The molecule has 1 aliphatic rings. The molecule has 0 saturated heterocycles. The summed E-state index contributed by atoms with van der Waals surface area (Å²) in [4.78, 5) is 41.1. The van der Waals surface area contributed by atoms with Crippen molar-refractivity contribution in [2.45, 2.75) is 6.42 Å². The van der Waals surface area contributed by atoms with Gasteiger partial charge >= 0.3 is 5.97 Å². The molecule has 5 nitrogen and oxygen atoms in total. The van der Waals surface area contributed by atoms with Crippen molar-refractivity contribution < 1.29 is 19.2 Å². The van der Waals surface area contributed by atoms with Gasteiger partial charge in [0.1, 0.15) is 0 Å². The van der Waals surface area contributed by atoms with Gasteiger partial charge < -0.3 is 4.84 Å². The first-order chi connectivity index (χ1) is 10.2. The minimum Gasteiger partial charge on any atom is -0.325 e. The number of hydrogen-bond donors (Lipinski definition) is 0. The molecule has 5 heteroatoms. The van der Waals surface area contributed by atoms with E-state index in [1.54, 1.807) is 54.6 Å². The quantitative estimate of drug-likeness (QED) is 0.790. The maximum atomic E-state index is 12.2. The van der Waals surface area contributed by atoms with Crippen LogP contribution in [0.5, 0.6) is 0 Å². The number of rotatable bonds is 2. The zero-order valence-corrected chi connectivity index (χ0v) is 11.0. The maximum Gasteiger partial charge on any atom is 0.363 e. The molecule has 1 heterocycles. The first-order valence-corrected chi connectivity index (χ1v) is 6.39. The maximum absolute atomic E-state index is 12.2. The molecule has 2 aromatic rings. The van der Waals surface area contributed by atoms with E-state index in [1.165, 1.54) is 0 Å². The van der Waals surface area contributed by atoms with Gasteiger partial charge in [-0.3, -0.25) is 9.59 Å². The number of amides is 2. The van der Waals surface area contributed by atoms with E-state index in [0.717, 1.165) is 0 Å². The standard InChI is InChI=1S/C16H11NO4/c18-14-10-12-8-4-5-9-13(12)15(19)17(14)21-16(20)11-6-2-1-3-7-11/h1-9H,10H2. The molecule has 104 valence electrons. The van der Waals surface area contributed by atoms with Crippen LogP contribution in [0.3, 0.4) is 0 Å². The summed E-state index contributed by atoms with van der Waals surface area (Å²) in [6, 6.07) is 15.0. The van der Waals surface area contributed by atoms with Crippen molar-refractivity contribution in [2.75, 3.05) is 0 Å². The van der Waals surface area contributed by atoms with Crippen LogP contribution in [0.1, 0.15) is 26.3 Å². The third kappa shape index (κ3) is 2.41. The molecule has 1 aliphatic heterocycles. The summed E-state index contributed by atoms with van der Waals surface area (Å²) < 4.78 is 0. The Bertz CT molecular complexity index is 724. The summed E-state index contributed by atoms with van der Waals surface area (Å²) in [5, 5.41) is 0.539. The Morgan fingerprint density at radius 3 is 2.38 bits per heavy atom. The second-order valence-electron chi connectivity index (χ2n) is 4.57. The summed E-state index contributed by atoms with van der Waals surface area (Å²) in [6.07, 6.45) is 0.0317. The summed E-state index contributed by atoms with van der Waals surface area (Å²) >= 11 is 0. The number of hydroxylamine groups is 2. The Labute approximate surface area is 120 Å². The van der Waals surface area contributed by atoms with Gasteiger partial charge in [-0.1, -0.05) is 41.5 Å². The molecule has 2 amide bonds. The van der Waals surface area contributed by atoms with Crippen molar-refractivity contribution in [1.29, 1.82) is 0 Å². The predicted molar refractivity (Wildman–Crippen MR) is 73.2 cm³/mol. The highest BCUT2D eigenvalue weighted by Crippen LogP contribution is 2.20. The van der Waals surface area contributed by atoms with Crippen LogP contribution in [0.2, 0.25) is 0 Å². The molecule has 0 atom stereocenters. The SMILES string of the molecule is O=C(ON1C(=O)Cc2ccccc2C1=O)c1ccccc1. The number of fused-ring (bicyclic) bond motifs is 1. The Morgan fingerprint density at radius 1 is 0.952 bits per heavy atom. The van der Waals surface area contributed by atoms with E-state index in [-0.39, 0.29) is 12.0 Å². The Hall–Kier alpha value is -2.95. The average Bonchev–Trinajstić information content (AvgIpc) is 2.52. The van der Waals surface area contributed by atoms with Crippen LogP contribution in [0.15, 0.2) is 54.6 Å². The molecule has 0 aromatic heterocycles. The van der Waals surface area contributed by atoms with Gasteiger partial charge in [0.2, 0.25) is 0 Å². The Morgan fingerprint density at radius 2 is 1.62 bits per heavy atom. The van der Waals surface area contributed by atoms with Gasteiger partial charge in [-0.15, -0.1) is 0 Å². The van der Waals surface area contributed by atoms with Gasteiger partial charge in [0.25, 0.3) is 11.8 Å². The van der Waals surface area contributed by atoms with Crippen molar-refractivity contribution >= 4 is 17.8 Å². The van der Waals surface area contributed by atoms with E-state index < -0.39 is 17.8 Å². The first-order valence-electron chi connectivity index (χ1n) is 6.39. The molecule has 0 spiro atoms. The molecule has 21 heavy (non-hydrogen) atoms. The second kappa shape index (κ2) is 5.20. The lowest BCUT2D eigenvalue weighted by atomic mass is 10.00. The van der Waals surface area contributed by atoms with Gasteiger partial charge in [0.15, 0.2) is 0 Å². The molecule has 0 saturated carbocycles. The van der Waals surface area contributed by atoms with Crippen LogP contribution < -0.4 is 0 Å². The highest BCUT2D eigenvalue weighted by molar-refractivity contribution is 6.09. The van der Waals surface area contributed by atoms with Crippen LogP contribution in [-0.4, -0.2) is 22.8 Å². The highest BCUT2D eigenvalue weighted by Gasteiger charge is 2.34. The largest absolute Gasteiger partial charge is 0.363 e. The van der Waals surface area contributed by atoms with Crippen LogP contribution in [0.4, 0.5) is 0 Å². The molecule has 0 bridgehead atoms. The van der Waals surface area contributed by atoms with Crippen molar-refractivity contribution in [2.24, 2.45) is 0 Å². The Kier molecular flexibility index (Phi) is 3.23. The smallest absolute Gasteiger partial charge is 0.325 e. The monoisotopic (exact) mass is 281 g/mol. The fourth-order valence-corrected chi connectivity index (χ4v) is 2.14. The van der Waals surface area contributed by atoms with Gasteiger partial charge in [0.05, 0.1) is 12.0 Å². The van der Waals surface area contributed by atoms with Crippen LogP contribution >= 0.6 is 0 Å². The number of nitrogens with zero attached hydrogens (tertiary/aromatic N) is 1. The molecule has 0 N–H and O–H groups in total. The first kappa shape index (κ1) is 13.1. The molecular formula is C16H11NO4. The minimum atomic E-state index is -0.739. The second-order valence-corrected chi connectivity index (χ2v) is 4.57. The van der Waals surface area contributed by atoms with Gasteiger partial charge in [0, 0.05) is 5.56 Å². The van der Waals surface area contributed by atoms with Gasteiger partial charge in [-0.2, -0.15) is 0 Å². The van der Waals surface area contributed by atoms with E-state index in [1.807, 2.05) is 0 Å². The summed E-state index contributed by atoms with van der Waals surface area (Å²) in [6.45, 7) is 0. The minimum absolute atomic E-state index is 0.0317. The number of imide groups is 1. The van der Waals surface area contributed by atoms with Crippen LogP contribution in [-0.2, 0) is 16.1 Å². The lowest BCUT2D eigenvalue weighted by Gasteiger charge is -2.24. The lowest BCUT2D eigenvalue weighted by Crippen LogP contribution is -2.43. The molecule has 0 aliphatic carbocycles. The Balaban J connectivity index is 1.85. The fraction of sp³-hybridized carbons (Fsp3) is 0.0625. The van der Waals surface area contributed by atoms with Crippen molar-refractivity contribution in [3.8, 4) is 0 Å². The number of hydrogen-bond acceptors (Lipinski definition) is 4. The van der Waals surface area contributed by atoms with E-state index in [0.29, 0.717) is 16.2 Å². The van der Waals surface area contributed by atoms with E-state index >= 15 is 0 Å². The molecular weight excluding hydrogens is 270 g/mol. The van der Waals surface area contributed by atoms with Gasteiger partial charge in [-0.25, -0.2) is 4.79 Å². The lowest BCUT2D eigenvalue weighted by molar-refractivity contribution is -0.155.